The zero-order chi connectivity index (χ0) is 12.1. The molecule has 0 saturated heterocycles. The molecular formula is C14H14ClNS. The second kappa shape index (κ2) is 6.10. The molecule has 0 aromatic heterocycles. The molecule has 0 aliphatic rings. The molecule has 2 N–H and O–H groups in total. The molecular weight excluding hydrogens is 250 g/mol. The van der Waals surface area contributed by atoms with Crippen molar-refractivity contribution in [2.75, 3.05) is 0 Å². The lowest BCUT2D eigenvalue weighted by atomic mass is 10.2. The molecule has 2 rings (SSSR count). The summed E-state index contributed by atoms with van der Waals surface area (Å²) in [5, 5.41) is 0.824. The van der Waals surface area contributed by atoms with E-state index in [-0.39, 0.29) is 0 Å². The van der Waals surface area contributed by atoms with Crippen LogP contribution in [0.1, 0.15) is 11.1 Å². The predicted octanol–water partition coefficient (Wildman–Crippen LogP) is 4.09. The molecule has 0 amide bonds. The fourth-order valence-electron chi connectivity index (χ4n) is 1.58. The summed E-state index contributed by atoms with van der Waals surface area (Å²) in [4.78, 5) is 1.23. The zero-order valence-electron chi connectivity index (χ0n) is 9.40. The van der Waals surface area contributed by atoms with Crippen molar-refractivity contribution in [1.82, 2.24) is 0 Å². The summed E-state index contributed by atoms with van der Waals surface area (Å²) in [6, 6.07) is 16.2. The number of benzene rings is 2. The molecule has 0 saturated carbocycles. The SMILES string of the molecule is NCc1ccccc1SCc1ccccc1Cl. The van der Waals surface area contributed by atoms with Crippen molar-refractivity contribution in [3.05, 3.63) is 64.7 Å². The molecule has 0 heterocycles. The van der Waals surface area contributed by atoms with Gasteiger partial charge in [0.1, 0.15) is 0 Å². The maximum absolute atomic E-state index is 6.13. The van der Waals surface area contributed by atoms with Gasteiger partial charge in [0.2, 0.25) is 0 Å². The van der Waals surface area contributed by atoms with Gasteiger partial charge in [0.25, 0.3) is 0 Å². The van der Waals surface area contributed by atoms with E-state index in [2.05, 4.69) is 18.2 Å². The lowest BCUT2D eigenvalue weighted by molar-refractivity contribution is 1.03. The minimum Gasteiger partial charge on any atom is -0.326 e. The minimum absolute atomic E-state index is 0.575. The number of halogens is 1. The van der Waals surface area contributed by atoms with Crippen molar-refractivity contribution in [1.29, 1.82) is 0 Å². The first kappa shape index (κ1) is 12.5. The van der Waals surface area contributed by atoms with Gasteiger partial charge in [0, 0.05) is 22.2 Å². The maximum atomic E-state index is 6.13. The Hall–Kier alpha value is -0.960. The number of hydrogen-bond acceptors (Lipinski definition) is 2. The lowest BCUT2D eigenvalue weighted by Crippen LogP contribution is -1.97. The molecule has 0 bridgehead atoms. The van der Waals surface area contributed by atoms with Gasteiger partial charge in [0.15, 0.2) is 0 Å². The van der Waals surface area contributed by atoms with Gasteiger partial charge in [-0.2, -0.15) is 0 Å². The largest absolute Gasteiger partial charge is 0.326 e. The molecule has 0 aliphatic carbocycles. The number of hydrogen-bond donors (Lipinski definition) is 1. The molecule has 0 aliphatic heterocycles. The average Bonchev–Trinajstić information content (AvgIpc) is 2.38. The predicted molar refractivity (Wildman–Crippen MR) is 75.3 cm³/mol. The summed E-state index contributed by atoms with van der Waals surface area (Å²) in [7, 11) is 0. The highest BCUT2D eigenvalue weighted by atomic mass is 35.5. The van der Waals surface area contributed by atoms with Gasteiger partial charge < -0.3 is 5.73 Å². The molecule has 88 valence electrons. The van der Waals surface area contributed by atoms with Gasteiger partial charge in [-0.3, -0.25) is 0 Å². The Morgan fingerprint density at radius 2 is 1.59 bits per heavy atom. The number of rotatable bonds is 4. The van der Waals surface area contributed by atoms with E-state index in [0.717, 1.165) is 16.3 Å². The second-order valence-corrected chi connectivity index (χ2v) is 5.12. The van der Waals surface area contributed by atoms with E-state index in [1.807, 2.05) is 30.3 Å². The van der Waals surface area contributed by atoms with Crippen molar-refractivity contribution in [3.63, 3.8) is 0 Å². The van der Waals surface area contributed by atoms with Gasteiger partial charge in [0.05, 0.1) is 0 Å². The maximum Gasteiger partial charge on any atom is 0.0446 e. The highest BCUT2D eigenvalue weighted by Gasteiger charge is 2.03. The number of thioether (sulfide) groups is 1. The van der Waals surface area contributed by atoms with Gasteiger partial charge in [-0.05, 0) is 23.3 Å². The van der Waals surface area contributed by atoms with Crippen LogP contribution < -0.4 is 5.73 Å². The number of nitrogens with two attached hydrogens (primary N) is 1. The third-order valence-corrected chi connectivity index (χ3v) is 4.07. The van der Waals surface area contributed by atoms with Gasteiger partial charge in [-0.25, -0.2) is 0 Å². The molecule has 0 unspecified atom stereocenters. The van der Waals surface area contributed by atoms with Crippen molar-refractivity contribution in [2.24, 2.45) is 5.73 Å². The molecule has 2 aromatic rings. The summed E-state index contributed by atoms with van der Waals surface area (Å²) < 4.78 is 0. The van der Waals surface area contributed by atoms with Crippen LogP contribution in [-0.2, 0) is 12.3 Å². The lowest BCUT2D eigenvalue weighted by Gasteiger charge is -2.08. The van der Waals surface area contributed by atoms with Gasteiger partial charge >= 0.3 is 0 Å². The van der Waals surface area contributed by atoms with Crippen LogP contribution in [-0.4, -0.2) is 0 Å². The Bertz CT molecular complexity index is 499. The molecule has 0 fully saturated rings. The average molecular weight is 264 g/mol. The molecule has 0 atom stereocenters. The smallest absolute Gasteiger partial charge is 0.0446 e. The Balaban J connectivity index is 2.10. The van der Waals surface area contributed by atoms with Crippen LogP contribution in [0.15, 0.2) is 53.4 Å². The summed E-state index contributed by atoms with van der Waals surface area (Å²) in [5.74, 6) is 0.872. The first-order valence-corrected chi connectivity index (χ1v) is 6.82. The summed E-state index contributed by atoms with van der Waals surface area (Å²) in [6.07, 6.45) is 0. The Morgan fingerprint density at radius 1 is 0.941 bits per heavy atom. The van der Waals surface area contributed by atoms with Crippen molar-refractivity contribution in [3.8, 4) is 0 Å². The van der Waals surface area contributed by atoms with E-state index < -0.39 is 0 Å². The van der Waals surface area contributed by atoms with Crippen LogP contribution in [0.25, 0.3) is 0 Å². The highest BCUT2D eigenvalue weighted by molar-refractivity contribution is 7.98. The van der Waals surface area contributed by atoms with Crippen LogP contribution in [0.2, 0.25) is 5.02 Å². The minimum atomic E-state index is 0.575. The standard InChI is InChI=1S/C14H14ClNS/c15-13-7-3-1-6-12(13)10-17-14-8-4-2-5-11(14)9-16/h1-8H,9-10,16H2. The van der Waals surface area contributed by atoms with Crippen LogP contribution >= 0.6 is 23.4 Å². The van der Waals surface area contributed by atoms with Gasteiger partial charge in [-0.1, -0.05) is 48.0 Å². The summed E-state index contributed by atoms with van der Waals surface area (Å²) in [5.41, 5.74) is 8.05. The van der Waals surface area contributed by atoms with Crippen LogP contribution in [0, 0.1) is 0 Å². The first-order valence-electron chi connectivity index (χ1n) is 5.45. The third-order valence-electron chi connectivity index (χ3n) is 2.53. The van der Waals surface area contributed by atoms with Gasteiger partial charge in [-0.15, -0.1) is 11.8 Å². The fraction of sp³-hybridized carbons (Fsp3) is 0.143. The monoisotopic (exact) mass is 263 g/mol. The normalized spacial score (nSPS) is 10.5. The Labute approximate surface area is 111 Å². The molecule has 0 radical (unpaired) electrons. The van der Waals surface area contributed by atoms with E-state index in [1.165, 1.54) is 10.5 Å². The highest BCUT2D eigenvalue weighted by Crippen LogP contribution is 2.28. The van der Waals surface area contributed by atoms with E-state index in [1.54, 1.807) is 11.8 Å². The van der Waals surface area contributed by atoms with E-state index in [0.29, 0.717) is 6.54 Å². The van der Waals surface area contributed by atoms with Crippen molar-refractivity contribution < 1.29 is 0 Å². The molecule has 17 heavy (non-hydrogen) atoms. The van der Waals surface area contributed by atoms with E-state index in [9.17, 15) is 0 Å². The molecule has 2 aromatic carbocycles. The quantitative estimate of drug-likeness (QED) is 0.841. The van der Waals surface area contributed by atoms with Crippen molar-refractivity contribution in [2.45, 2.75) is 17.2 Å². The summed E-state index contributed by atoms with van der Waals surface area (Å²) in [6.45, 7) is 0.575. The zero-order valence-corrected chi connectivity index (χ0v) is 11.0. The molecule has 1 nitrogen and oxygen atoms in total. The first-order chi connectivity index (χ1) is 8.31. The molecule has 3 heteroatoms. The van der Waals surface area contributed by atoms with Crippen LogP contribution in [0.5, 0.6) is 0 Å². The fourth-order valence-corrected chi connectivity index (χ4v) is 2.94. The Kier molecular flexibility index (Phi) is 4.49. The Morgan fingerprint density at radius 3 is 2.29 bits per heavy atom. The second-order valence-electron chi connectivity index (χ2n) is 3.69. The van der Waals surface area contributed by atoms with Crippen LogP contribution in [0.3, 0.4) is 0 Å². The molecule has 0 spiro atoms. The van der Waals surface area contributed by atoms with Crippen LogP contribution in [0.4, 0.5) is 0 Å². The van der Waals surface area contributed by atoms with Crippen molar-refractivity contribution >= 4 is 23.4 Å². The van der Waals surface area contributed by atoms with E-state index in [4.69, 9.17) is 17.3 Å². The topological polar surface area (TPSA) is 26.0 Å². The summed E-state index contributed by atoms with van der Waals surface area (Å²) >= 11 is 7.90. The van der Waals surface area contributed by atoms with E-state index >= 15 is 0 Å². The third kappa shape index (κ3) is 3.25.